The monoisotopic (exact) mass is 233 g/mol. The van der Waals surface area contributed by atoms with Crippen LogP contribution in [0.2, 0.25) is 0 Å². The fourth-order valence-electron chi connectivity index (χ4n) is 3.25. The molecule has 0 atom stereocenters. The number of fused-ring (bicyclic) bond motifs is 5. The van der Waals surface area contributed by atoms with Crippen molar-refractivity contribution < 1.29 is 0 Å². The highest BCUT2D eigenvalue weighted by Gasteiger charge is 2.24. The molecule has 0 N–H and O–H groups in total. The lowest BCUT2D eigenvalue weighted by molar-refractivity contribution is 0.978. The van der Waals surface area contributed by atoms with Gasteiger partial charge in [0.05, 0.1) is 5.69 Å². The topological polar surface area (TPSA) is 4.93 Å². The molecular formula is C17H15N. The number of aryl methyl sites for hydroxylation is 2. The average molecular weight is 233 g/mol. The normalized spacial score (nSPS) is 12.8. The maximum atomic E-state index is 2.34. The van der Waals surface area contributed by atoms with Gasteiger partial charge in [-0.2, -0.15) is 0 Å². The van der Waals surface area contributed by atoms with Crippen molar-refractivity contribution in [2.75, 3.05) is 0 Å². The van der Waals surface area contributed by atoms with Crippen LogP contribution in [0.3, 0.4) is 0 Å². The van der Waals surface area contributed by atoms with Gasteiger partial charge in [-0.3, -0.25) is 0 Å². The minimum atomic E-state index is 1.08. The van der Waals surface area contributed by atoms with Gasteiger partial charge in [0.2, 0.25) is 0 Å². The Labute approximate surface area is 107 Å². The summed E-state index contributed by atoms with van der Waals surface area (Å²) in [5, 5.41) is 1.41. The molecule has 2 aromatic carbocycles. The van der Waals surface area contributed by atoms with Crippen LogP contribution < -0.4 is 0 Å². The van der Waals surface area contributed by atoms with E-state index in [4.69, 9.17) is 0 Å². The number of hydrogen-bond acceptors (Lipinski definition) is 0. The quantitative estimate of drug-likeness (QED) is 0.431. The maximum Gasteiger partial charge on any atom is 0.0527 e. The number of hydrogen-bond donors (Lipinski definition) is 0. The Morgan fingerprint density at radius 1 is 1.06 bits per heavy atom. The molecule has 0 saturated heterocycles. The maximum absolute atomic E-state index is 2.34. The first kappa shape index (κ1) is 9.95. The number of benzene rings is 2. The molecule has 18 heavy (non-hydrogen) atoms. The van der Waals surface area contributed by atoms with Crippen molar-refractivity contribution in [2.45, 2.75) is 13.3 Å². The zero-order valence-electron chi connectivity index (χ0n) is 10.7. The minimum absolute atomic E-state index is 1.08. The molecule has 1 aliphatic rings. The van der Waals surface area contributed by atoms with E-state index >= 15 is 0 Å². The molecule has 1 heterocycles. The van der Waals surface area contributed by atoms with E-state index in [0.29, 0.717) is 0 Å². The third kappa shape index (κ3) is 1.11. The highest BCUT2D eigenvalue weighted by atomic mass is 15.0. The van der Waals surface area contributed by atoms with E-state index in [2.05, 4.69) is 61.0 Å². The first-order valence-electron chi connectivity index (χ1n) is 6.42. The van der Waals surface area contributed by atoms with Gasteiger partial charge in [-0.05, 0) is 30.2 Å². The van der Waals surface area contributed by atoms with Crippen molar-refractivity contribution in [3.8, 4) is 11.3 Å². The SMILES string of the molecule is Cc1ccc2c(c1)-c1c(c3ccccc3n1C)C2. The summed E-state index contributed by atoms with van der Waals surface area (Å²) in [4.78, 5) is 0. The summed E-state index contributed by atoms with van der Waals surface area (Å²) in [5.41, 5.74) is 8.47. The molecule has 0 amide bonds. The molecule has 0 bridgehead atoms. The Bertz CT molecular complexity index is 778. The molecule has 4 rings (SSSR count). The summed E-state index contributed by atoms with van der Waals surface area (Å²) in [6.45, 7) is 2.17. The Kier molecular flexibility index (Phi) is 1.80. The smallest absolute Gasteiger partial charge is 0.0527 e. The Balaban J connectivity index is 2.14. The molecule has 3 aromatic rings. The average Bonchev–Trinajstić information content (AvgIpc) is 2.87. The zero-order chi connectivity index (χ0) is 12.3. The Morgan fingerprint density at radius 2 is 1.89 bits per heavy atom. The van der Waals surface area contributed by atoms with Crippen LogP contribution in [0.1, 0.15) is 16.7 Å². The largest absolute Gasteiger partial charge is 0.343 e. The molecule has 0 fully saturated rings. The van der Waals surface area contributed by atoms with Gasteiger partial charge in [0.25, 0.3) is 0 Å². The molecule has 0 aliphatic heterocycles. The van der Waals surface area contributed by atoms with Gasteiger partial charge in [0.1, 0.15) is 0 Å². The molecule has 1 aliphatic carbocycles. The summed E-state index contributed by atoms with van der Waals surface area (Å²) in [7, 11) is 2.18. The summed E-state index contributed by atoms with van der Waals surface area (Å²) < 4.78 is 2.34. The van der Waals surface area contributed by atoms with E-state index in [1.54, 1.807) is 0 Å². The standard InChI is InChI=1S/C17H15N/c1-11-7-8-12-10-15-13-5-3-4-6-16(13)18(2)17(15)14(12)9-11/h3-9H,10H2,1-2H3. The molecule has 0 saturated carbocycles. The predicted octanol–water partition coefficient (Wildman–Crippen LogP) is 4.06. The van der Waals surface area contributed by atoms with Crippen LogP contribution in [-0.4, -0.2) is 4.57 Å². The fourth-order valence-corrected chi connectivity index (χ4v) is 3.25. The van der Waals surface area contributed by atoms with E-state index in [-0.39, 0.29) is 0 Å². The number of para-hydroxylation sites is 1. The van der Waals surface area contributed by atoms with E-state index in [1.807, 2.05) is 0 Å². The number of rotatable bonds is 0. The molecule has 1 nitrogen and oxygen atoms in total. The Hall–Kier alpha value is -2.02. The lowest BCUT2D eigenvalue weighted by Gasteiger charge is -2.06. The van der Waals surface area contributed by atoms with Crippen LogP contribution in [0, 0.1) is 6.92 Å². The second kappa shape index (κ2) is 3.26. The van der Waals surface area contributed by atoms with Crippen LogP contribution in [0.5, 0.6) is 0 Å². The van der Waals surface area contributed by atoms with Crippen LogP contribution in [0.25, 0.3) is 22.2 Å². The van der Waals surface area contributed by atoms with Gasteiger partial charge in [-0.15, -0.1) is 0 Å². The Morgan fingerprint density at radius 3 is 2.78 bits per heavy atom. The van der Waals surface area contributed by atoms with E-state index in [0.717, 1.165) is 6.42 Å². The summed E-state index contributed by atoms with van der Waals surface area (Å²) in [5.74, 6) is 0. The predicted molar refractivity (Wildman–Crippen MR) is 75.9 cm³/mol. The first-order chi connectivity index (χ1) is 8.75. The molecule has 0 spiro atoms. The number of aromatic nitrogens is 1. The third-order valence-corrected chi connectivity index (χ3v) is 4.10. The summed E-state index contributed by atoms with van der Waals surface area (Å²) >= 11 is 0. The lowest BCUT2D eigenvalue weighted by Crippen LogP contribution is -1.91. The molecule has 0 unspecified atom stereocenters. The second-order valence-corrected chi connectivity index (χ2v) is 5.24. The van der Waals surface area contributed by atoms with Gasteiger partial charge >= 0.3 is 0 Å². The molecular weight excluding hydrogens is 218 g/mol. The van der Waals surface area contributed by atoms with Gasteiger partial charge in [-0.25, -0.2) is 0 Å². The molecule has 0 radical (unpaired) electrons. The van der Waals surface area contributed by atoms with E-state index in [9.17, 15) is 0 Å². The van der Waals surface area contributed by atoms with E-state index < -0.39 is 0 Å². The van der Waals surface area contributed by atoms with E-state index in [1.165, 1.54) is 38.9 Å². The lowest BCUT2D eigenvalue weighted by atomic mass is 10.1. The van der Waals surface area contributed by atoms with Crippen LogP contribution in [0.15, 0.2) is 42.5 Å². The summed E-state index contributed by atoms with van der Waals surface area (Å²) in [6, 6.07) is 15.5. The van der Waals surface area contributed by atoms with Gasteiger partial charge in [-0.1, -0.05) is 35.9 Å². The van der Waals surface area contributed by atoms with Gasteiger partial charge in [0, 0.05) is 29.9 Å². The van der Waals surface area contributed by atoms with Crippen LogP contribution in [-0.2, 0) is 13.5 Å². The van der Waals surface area contributed by atoms with Crippen molar-refractivity contribution in [3.63, 3.8) is 0 Å². The highest BCUT2D eigenvalue weighted by molar-refractivity contribution is 5.95. The second-order valence-electron chi connectivity index (χ2n) is 5.24. The van der Waals surface area contributed by atoms with Crippen molar-refractivity contribution in [2.24, 2.45) is 7.05 Å². The molecule has 88 valence electrons. The first-order valence-corrected chi connectivity index (χ1v) is 6.42. The minimum Gasteiger partial charge on any atom is -0.343 e. The molecule has 1 heteroatoms. The van der Waals surface area contributed by atoms with Gasteiger partial charge < -0.3 is 4.57 Å². The number of nitrogens with zero attached hydrogens (tertiary/aromatic N) is 1. The third-order valence-electron chi connectivity index (χ3n) is 4.10. The fraction of sp³-hybridized carbons (Fsp3) is 0.176. The van der Waals surface area contributed by atoms with Crippen LogP contribution in [0.4, 0.5) is 0 Å². The van der Waals surface area contributed by atoms with Crippen molar-refractivity contribution >= 4 is 10.9 Å². The van der Waals surface area contributed by atoms with Gasteiger partial charge in [0.15, 0.2) is 0 Å². The van der Waals surface area contributed by atoms with Crippen molar-refractivity contribution in [1.29, 1.82) is 0 Å². The van der Waals surface area contributed by atoms with Crippen molar-refractivity contribution in [1.82, 2.24) is 4.57 Å². The molecule has 1 aromatic heterocycles. The highest BCUT2D eigenvalue weighted by Crippen LogP contribution is 2.42. The van der Waals surface area contributed by atoms with Crippen LogP contribution >= 0.6 is 0 Å². The zero-order valence-corrected chi connectivity index (χ0v) is 10.7. The van der Waals surface area contributed by atoms with Crippen molar-refractivity contribution in [3.05, 3.63) is 59.2 Å². The summed E-state index contributed by atoms with van der Waals surface area (Å²) in [6.07, 6.45) is 1.08.